The zero-order valence-corrected chi connectivity index (χ0v) is 19.1. The number of guanidine groups is 1. The second-order valence-electron chi connectivity index (χ2n) is 8.93. The van der Waals surface area contributed by atoms with Crippen molar-refractivity contribution in [3.8, 4) is 0 Å². The van der Waals surface area contributed by atoms with Crippen molar-refractivity contribution in [1.82, 2.24) is 20.4 Å². The average Bonchev–Trinajstić information content (AvgIpc) is 2.75. The normalized spacial score (nSPS) is 22.1. The number of nitrogens with one attached hydrogen (secondary N) is 2. The van der Waals surface area contributed by atoms with E-state index in [1.165, 1.54) is 11.1 Å². The molecule has 0 aromatic heterocycles. The Kier molecular flexibility index (Phi) is 8.50. The van der Waals surface area contributed by atoms with E-state index in [2.05, 4.69) is 70.5 Å². The molecule has 1 aromatic carbocycles. The van der Waals surface area contributed by atoms with E-state index in [1.807, 2.05) is 7.05 Å². The Labute approximate surface area is 181 Å². The van der Waals surface area contributed by atoms with E-state index >= 15 is 0 Å². The van der Waals surface area contributed by atoms with Gasteiger partial charge in [-0.25, -0.2) is 0 Å². The predicted octanol–water partition coefficient (Wildman–Crippen LogP) is 1.68. The third kappa shape index (κ3) is 6.94. The molecule has 1 atom stereocenters. The molecule has 7 nitrogen and oxygen atoms in total. The molecule has 30 heavy (non-hydrogen) atoms. The van der Waals surface area contributed by atoms with E-state index in [1.54, 1.807) is 0 Å². The molecular weight excluding hydrogens is 378 g/mol. The van der Waals surface area contributed by atoms with Crippen LogP contribution in [0.25, 0.3) is 0 Å². The molecular formula is C23H39N5O2. The fourth-order valence-corrected chi connectivity index (χ4v) is 4.12. The van der Waals surface area contributed by atoms with Gasteiger partial charge in [0, 0.05) is 58.4 Å². The zero-order chi connectivity index (χ0) is 21.4. The van der Waals surface area contributed by atoms with E-state index < -0.39 is 0 Å². The lowest BCUT2D eigenvalue weighted by Gasteiger charge is -2.41. The third-order valence-corrected chi connectivity index (χ3v) is 5.96. The lowest BCUT2D eigenvalue weighted by molar-refractivity contribution is -0.0212. The average molecular weight is 418 g/mol. The van der Waals surface area contributed by atoms with Gasteiger partial charge in [-0.3, -0.25) is 14.8 Å². The van der Waals surface area contributed by atoms with Gasteiger partial charge in [-0.2, -0.15) is 0 Å². The van der Waals surface area contributed by atoms with Gasteiger partial charge in [0.1, 0.15) is 0 Å². The minimum atomic E-state index is 0.0522. The van der Waals surface area contributed by atoms with Gasteiger partial charge >= 0.3 is 0 Å². The van der Waals surface area contributed by atoms with Crippen LogP contribution in [-0.4, -0.2) is 87.0 Å². The van der Waals surface area contributed by atoms with Crippen LogP contribution in [0.15, 0.2) is 29.3 Å². The summed E-state index contributed by atoms with van der Waals surface area (Å²) in [5.41, 5.74) is 2.67. The number of hydrogen-bond donors (Lipinski definition) is 2. The first-order valence-electron chi connectivity index (χ1n) is 11.2. The summed E-state index contributed by atoms with van der Waals surface area (Å²) in [6, 6.07) is 8.82. The topological polar surface area (TPSA) is 61.4 Å². The quantitative estimate of drug-likeness (QED) is 0.520. The Bertz CT molecular complexity index is 688. The first-order chi connectivity index (χ1) is 14.5. The van der Waals surface area contributed by atoms with Crippen LogP contribution in [-0.2, 0) is 22.6 Å². The van der Waals surface area contributed by atoms with Crippen LogP contribution in [0.1, 0.15) is 31.9 Å². The highest BCUT2D eigenvalue weighted by Crippen LogP contribution is 2.15. The maximum Gasteiger partial charge on any atom is 0.191 e. The summed E-state index contributed by atoms with van der Waals surface area (Å²) < 4.78 is 11.1. The van der Waals surface area contributed by atoms with E-state index in [0.717, 1.165) is 71.6 Å². The summed E-state index contributed by atoms with van der Waals surface area (Å²) in [5.74, 6) is 0.837. The molecule has 2 heterocycles. The summed E-state index contributed by atoms with van der Waals surface area (Å²) >= 11 is 0. The van der Waals surface area contributed by atoms with Crippen LogP contribution < -0.4 is 10.6 Å². The molecule has 0 spiro atoms. The van der Waals surface area contributed by atoms with Gasteiger partial charge in [0.25, 0.3) is 0 Å². The molecule has 1 unspecified atom stereocenters. The minimum absolute atomic E-state index is 0.0522. The highest BCUT2D eigenvalue weighted by Gasteiger charge is 2.28. The van der Waals surface area contributed by atoms with Crippen molar-refractivity contribution in [2.24, 2.45) is 4.99 Å². The molecule has 2 aliphatic rings. The molecule has 168 valence electrons. The summed E-state index contributed by atoms with van der Waals surface area (Å²) in [6.07, 6.45) is 0.319. The van der Waals surface area contributed by atoms with Crippen molar-refractivity contribution < 1.29 is 9.47 Å². The molecule has 3 rings (SSSR count). The van der Waals surface area contributed by atoms with Crippen LogP contribution in [0.4, 0.5) is 0 Å². The van der Waals surface area contributed by atoms with Crippen molar-refractivity contribution in [1.29, 1.82) is 0 Å². The molecule has 1 aromatic rings. The van der Waals surface area contributed by atoms with Crippen molar-refractivity contribution in [3.63, 3.8) is 0 Å². The van der Waals surface area contributed by atoms with E-state index in [-0.39, 0.29) is 5.54 Å². The van der Waals surface area contributed by atoms with Gasteiger partial charge in [0.15, 0.2) is 5.96 Å². The first kappa shape index (κ1) is 23.0. The van der Waals surface area contributed by atoms with Gasteiger partial charge in [-0.15, -0.1) is 0 Å². The summed E-state index contributed by atoms with van der Waals surface area (Å²) in [5, 5.41) is 6.96. The first-order valence-corrected chi connectivity index (χ1v) is 11.2. The van der Waals surface area contributed by atoms with Crippen LogP contribution in [0.2, 0.25) is 0 Å². The number of morpholine rings is 2. The molecule has 2 N–H and O–H groups in total. The van der Waals surface area contributed by atoms with Crippen LogP contribution in [0.5, 0.6) is 0 Å². The van der Waals surface area contributed by atoms with Gasteiger partial charge in [-0.1, -0.05) is 24.3 Å². The molecule has 2 saturated heterocycles. The van der Waals surface area contributed by atoms with E-state index in [0.29, 0.717) is 6.10 Å². The maximum atomic E-state index is 5.65. The smallest absolute Gasteiger partial charge is 0.191 e. The number of aliphatic imine (C=N–C) groups is 1. The highest BCUT2D eigenvalue weighted by atomic mass is 16.5. The lowest BCUT2D eigenvalue weighted by atomic mass is 10.0. The standard InChI is InChI=1S/C23H39N5O2/c1-19-16-27(8-13-30-19)17-21-7-5-6-20(14-21)15-25-22(24-4)26-18-23(2,3)28-9-11-29-12-10-28/h5-7,14,19H,8-13,15-18H2,1-4H3,(H2,24,25,26). The molecule has 0 aliphatic carbocycles. The zero-order valence-electron chi connectivity index (χ0n) is 19.1. The lowest BCUT2D eigenvalue weighted by Crippen LogP contribution is -2.56. The number of hydrogen-bond acceptors (Lipinski definition) is 5. The van der Waals surface area contributed by atoms with Gasteiger partial charge < -0.3 is 20.1 Å². The number of nitrogens with zero attached hydrogens (tertiary/aromatic N) is 3. The third-order valence-electron chi connectivity index (χ3n) is 5.96. The summed E-state index contributed by atoms with van der Waals surface area (Å²) in [6.45, 7) is 15.7. The predicted molar refractivity (Wildman–Crippen MR) is 122 cm³/mol. The second kappa shape index (κ2) is 11.1. The van der Waals surface area contributed by atoms with Crippen LogP contribution in [0.3, 0.4) is 0 Å². The van der Waals surface area contributed by atoms with Gasteiger partial charge in [0.2, 0.25) is 0 Å². The van der Waals surface area contributed by atoms with Crippen molar-refractivity contribution >= 4 is 5.96 Å². The van der Waals surface area contributed by atoms with Gasteiger partial charge in [-0.05, 0) is 31.9 Å². The maximum absolute atomic E-state index is 5.65. The largest absolute Gasteiger partial charge is 0.379 e. The fourth-order valence-electron chi connectivity index (χ4n) is 4.12. The Morgan fingerprint density at radius 2 is 1.90 bits per heavy atom. The Hall–Kier alpha value is -1.67. The van der Waals surface area contributed by atoms with Gasteiger partial charge in [0.05, 0.1) is 25.9 Å². The van der Waals surface area contributed by atoms with Crippen molar-refractivity contribution in [2.75, 3.05) is 59.6 Å². The van der Waals surface area contributed by atoms with Crippen LogP contribution in [0, 0.1) is 0 Å². The second-order valence-corrected chi connectivity index (χ2v) is 8.93. The molecule has 2 aliphatic heterocycles. The molecule has 0 radical (unpaired) electrons. The number of rotatable bonds is 7. The molecule has 0 saturated carbocycles. The fraction of sp³-hybridized carbons (Fsp3) is 0.696. The molecule has 0 amide bonds. The molecule has 0 bridgehead atoms. The van der Waals surface area contributed by atoms with E-state index in [9.17, 15) is 0 Å². The summed E-state index contributed by atoms with van der Waals surface area (Å²) in [7, 11) is 1.83. The number of ether oxygens (including phenoxy) is 2. The Morgan fingerprint density at radius 3 is 2.63 bits per heavy atom. The van der Waals surface area contributed by atoms with Crippen molar-refractivity contribution in [3.05, 3.63) is 35.4 Å². The Balaban J connectivity index is 1.47. The molecule has 7 heteroatoms. The summed E-state index contributed by atoms with van der Waals surface area (Å²) in [4.78, 5) is 9.35. The van der Waals surface area contributed by atoms with E-state index in [4.69, 9.17) is 9.47 Å². The monoisotopic (exact) mass is 417 g/mol. The highest BCUT2D eigenvalue weighted by molar-refractivity contribution is 5.79. The Morgan fingerprint density at radius 1 is 1.13 bits per heavy atom. The minimum Gasteiger partial charge on any atom is -0.379 e. The van der Waals surface area contributed by atoms with Crippen molar-refractivity contribution in [2.45, 2.75) is 45.5 Å². The number of benzene rings is 1. The SMILES string of the molecule is CN=C(NCc1cccc(CN2CCOC(C)C2)c1)NCC(C)(C)N1CCOCC1. The van der Waals surface area contributed by atoms with Crippen LogP contribution >= 0.6 is 0 Å². The molecule has 2 fully saturated rings.